The van der Waals surface area contributed by atoms with Crippen molar-refractivity contribution in [2.75, 3.05) is 7.11 Å². The number of rotatable bonds is 2. The number of methoxy groups -OCH3 is 1. The third-order valence-electron chi connectivity index (χ3n) is 4.35. The highest BCUT2D eigenvalue weighted by Crippen LogP contribution is 2.36. The lowest BCUT2D eigenvalue weighted by Crippen LogP contribution is -2.41. The fraction of sp³-hybridized carbons (Fsp3) is 0.647. The smallest absolute Gasteiger partial charge is 0.464 e. The number of nitrogens with zero attached hydrogens (tertiary/aromatic N) is 1. The monoisotopic (exact) mass is 351 g/mol. The molecule has 1 aliphatic rings. The lowest BCUT2D eigenvalue weighted by molar-refractivity contribution is 0.00578. The second-order valence-corrected chi connectivity index (χ2v) is 8.09. The molecule has 0 N–H and O–H groups in total. The van der Waals surface area contributed by atoms with E-state index in [0.717, 1.165) is 4.57 Å². The molecule has 1 fully saturated rings. The van der Waals surface area contributed by atoms with E-state index < -0.39 is 36.0 Å². The summed E-state index contributed by atoms with van der Waals surface area (Å²) in [6, 6.07) is 1.53. The number of hydrogen-bond donors (Lipinski definition) is 0. The minimum absolute atomic E-state index is 0.0569. The number of carbonyl (C=O) groups is 2. The van der Waals surface area contributed by atoms with Gasteiger partial charge in [0.2, 0.25) is 0 Å². The minimum atomic E-state index is -0.697. The van der Waals surface area contributed by atoms with Crippen molar-refractivity contribution in [2.45, 2.75) is 65.3 Å². The van der Waals surface area contributed by atoms with Crippen LogP contribution < -0.4 is 5.46 Å². The largest absolute Gasteiger partial charge is 0.496 e. The molecule has 7 nitrogen and oxygen atoms in total. The molecule has 0 radical (unpaired) electrons. The zero-order chi connectivity index (χ0) is 19.2. The van der Waals surface area contributed by atoms with Gasteiger partial charge in [0.05, 0.1) is 18.3 Å². The molecular formula is C17H26BNO6. The SMILES string of the molecule is COC(=O)c1cc(B2OC(C)(C)C(C)(C)O2)cn1C(=O)OC(C)(C)C. The topological polar surface area (TPSA) is 76.0 Å². The van der Waals surface area contributed by atoms with Gasteiger partial charge in [0.1, 0.15) is 11.3 Å². The van der Waals surface area contributed by atoms with E-state index in [2.05, 4.69) is 0 Å². The van der Waals surface area contributed by atoms with Gasteiger partial charge >= 0.3 is 19.2 Å². The maximum atomic E-state index is 12.4. The van der Waals surface area contributed by atoms with E-state index in [1.165, 1.54) is 19.4 Å². The molecule has 2 rings (SSSR count). The van der Waals surface area contributed by atoms with Crippen LogP contribution in [-0.4, -0.2) is 47.7 Å². The fourth-order valence-electron chi connectivity index (χ4n) is 2.32. The quantitative estimate of drug-likeness (QED) is 0.601. The summed E-state index contributed by atoms with van der Waals surface area (Å²) in [4.78, 5) is 24.5. The van der Waals surface area contributed by atoms with Gasteiger partial charge in [-0.15, -0.1) is 0 Å². The molecule has 1 aliphatic heterocycles. The molecule has 138 valence electrons. The van der Waals surface area contributed by atoms with Crippen molar-refractivity contribution in [3.8, 4) is 0 Å². The summed E-state index contributed by atoms with van der Waals surface area (Å²) in [6.45, 7) is 13.0. The molecule has 0 unspecified atom stereocenters. The second kappa shape index (κ2) is 6.18. The first-order valence-corrected chi connectivity index (χ1v) is 8.17. The molecule has 25 heavy (non-hydrogen) atoms. The summed E-state index contributed by atoms with van der Waals surface area (Å²) in [5.74, 6) is -0.645. The maximum absolute atomic E-state index is 12.4. The lowest BCUT2D eigenvalue weighted by atomic mass is 9.81. The van der Waals surface area contributed by atoms with Crippen molar-refractivity contribution in [1.82, 2.24) is 4.57 Å². The van der Waals surface area contributed by atoms with Gasteiger partial charge in [0.15, 0.2) is 0 Å². The predicted octanol–water partition coefficient (Wildman–Crippen LogP) is 2.36. The van der Waals surface area contributed by atoms with Crippen LogP contribution in [0.1, 0.15) is 59.0 Å². The molecule has 2 heterocycles. The Bertz CT molecular complexity index is 670. The van der Waals surface area contributed by atoms with Crippen LogP contribution in [0.5, 0.6) is 0 Å². The molecule has 0 atom stereocenters. The Hall–Kier alpha value is -1.80. The molecule has 0 amide bonds. The van der Waals surface area contributed by atoms with Crippen LogP contribution in [0.2, 0.25) is 0 Å². The van der Waals surface area contributed by atoms with Gasteiger partial charge in [0, 0.05) is 11.7 Å². The number of ether oxygens (including phenoxy) is 2. The van der Waals surface area contributed by atoms with Gasteiger partial charge in [0.25, 0.3) is 0 Å². The number of aromatic nitrogens is 1. The average Bonchev–Trinajstić information content (AvgIpc) is 2.96. The average molecular weight is 351 g/mol. The van der Waals surface area contributed by atoms with Gasteiger partial charge in [-0.25, -0.2) is 14.2 Å². The van der Waals surface area contributed by atoms with Gasteiger partial charge < -0.3 is 18.8 Å². The Kier molecular flexibility index (Phi) is 4.82. The Morgan fingerprint density at radius 1 is 1.12 bits per heavy atom. The second-order valence-electron chi connectivity index (χ2n) is 8.09. The number of carbonyl (C=O) groups excluding carboxylic acids is 2. The third-order valence-corrected chi connectivity index (χ3v) is 4.35. The van der Waals surface area contributed by atoms with E-state index in [1.807, 2.05) is 27.7 Å². The van der Waals surface area contributed by atoms with Crippen molar-refractivity contribution < 1.29 is 28.4 Å². The van der Waals surface area contributed by atoms with Crippen LogP contribution in [0.3, 0.4) is 0 Å². The normalized spacial score (nSPS) is 19.0. The van der Waals surface area contributed by atoms with Crippen molar-refractivity contribution in [3.63, 3.8) is 0 Å². The van der Waals surface area contributed by atoms with Crippen molar-refractivity contribution in [3.05, 3.63) is 18.0 Å². The highest BCUT2D eigenvalue weighted by Gasteiger charge is 2.52. The summed E-state index contributed by atoms with van der Waals surface area (Å²) in [5, 5.41) is 0. The molecule has 1 aromatic heterocycles. The van der Waals surface area contributed by atoms with Crippen LogP contribution in [0.15, 0.2) is 12.3 Å². The van der Waals surface area contributed by atoms with E-state index in [4.69, 9.17) is 18.8 Å². The minimum Gasteiger partial charge on any atom is -0.464 e. The molecule has 0 spiro atoms. The van der Waals surface area contributed by atoms with Crippen LogP contribution >= 0.6 is 0 Å². The van der Waals surface area contributed by atoms with Crippen LogP contribution in [0.4, 0.5) is 4.79 Å². The summed E-state index contributed by atoms with van der Waals surface area (Å²) in [7, 11) is 0.556. The van der Waals surface area contributed by atoms with E-state index in [9.17, 15) is 9.59 Å². The Labute approximate surface area is 148 Å². The van der Waals surface area contributed by atoms with E-state index in [0.29, 0.717) is 5.46 Å². The molecule has 1 saturated heterocycles. The Morgan fingerprint density at radius 2 is 1.64 bits per heavy atom. The van der Waals surface area contributed by atoms with Crippen molar-refractivity contribution in [2.24, 2.45) is 0 Å². The van der Waals surface area contributed by atoms with Crippen LogP contribution in [-0.2, 0) is 18.8 Å². The van der Waals surface area contributed by atoms with E-state index in [1.54, 1.807) is 20.8 Å². The van der Waals surface area contributed by atoms with E-state index in [-0.39, 0.29) is 5.69 Å². The molecule has 1 aromatic rings. The van der Waals surface area contributed by atoms with Gasteiger partial charge in [-0.2, -0.15) is 0 Å². The van der Waals surface area contributed by atoms with E-state index >= 15 is 0 Å². The lowest BCUT2D eigenvalue weighted by Gasteiger charge is -2.32. The van der Waals surface area contributed by atoms with Crippen molar-refractivity contribution in [1.29, 1.82) is 0 Å². The third kappa shape index (κ3) is 3.90. The van der Waals surface area contributed by atoms with Crippen molar-refractivity contribution >= 4 is 24.6 Å². The molecule has 0 aromatic carbocycles. The first-order chi connectivity index (χ1) is 11.3. The number of hydrogen-bond acceptors (Lipinski definition) is 6. The highest BCUT2D eigenvalue weighted by atomic mass is 16.7. The fourth-order valence-corrected chi connectivity index (χ4v) is 2.32. The zero-order valence-corrected chi connectivity index (χ0v) is 16.1. The molecule has 0 bridgehead atoms. The molecule has 8 heteroatoms. The predicted molar refractivity (Wildman–Crippen MR) is 93.1 cm³/mol. The summed E-state index contributed by atoms with van der Waals surface area (Å²) < 4.78 is 23.2. The zero-order valence-electron chi connectivity index (χ0n) is 16.1. The van der Waals surface area contributed by atoms with Gasteiger partial charge in [-0.1, -0.05) is 0 Å². The molecule has 0 aliphatic carbocycles. The summed E-state index contributed by atoms with van der Waals surface area (Å²) >= 11 is 0. The Balaban J connectivity index is 2.39. The maximum Gasteiger partial charge on any atom is 0.496 e. The first-order valence-electron chi connectivity index (χ1n) is 8.17. The van der Waals surface area contributed by atoms with Gasteiger partial charge in [-0.3, -0.25) is 0 Å². The highest BCUT2D eigenvalue weighted by molar-refractivity contribution is 6.62. The first kappa shape index (κ1) is 19.5. The van der Waals surface area contributed by atoms with Gasteiger partial charge in [-0.05, 0) is 54.5 Å². The summed E-state index contributed by atoms with van der Waals surface area (Å²) in [6.07, 6.45) is 0.818. The standard InChI is InChI=1S/C17H26BNO6/c1-15(2,3)23-14(21)19-10-11(9-12(19)13(20)22-8)18-24-16(4,5)17(6,7)25-18/h9-10H,1-8H3. The molecular weight excluding hydrogens is 325 g/mol. The Morgan fingerprint density at radius 3 is 2.08 bits per heavy atom. The summed E-state index contributed by atoms with van der Waals surface area (Å²) in [5.41, 5.74) is -1.15. The van der Waals surface area contributed by atoms with Crippen LogP contribution in [0, 0.1) is 0 Å². The number of esters is 1. The van der Waals surface area contributed by atoms with Crippen LogP contribution in [0.25, 0.3) is 0 Å². The molecule has 0 saturated carbocycles.